The third kappa shape index (κ3) is 6.74. The third-order valence-corrected chi connectivity index (χ3v) is 5.85. The van der Waals surface area contributed by atoms with Crippen molar-refractivity contribution in [2.75, 3.05) is 33.4 Å². The Morgan fingerprint density at radius 2 is 1.91 bits per heavy atom. The highest BCUT2D eigenvalue weighted by Gasteiger charge is 2.23. The summed E-state index contributed by atoms with van der Waals surface area (Å²) in [6.07, 6.45) is 2.47. The van der Waals surface area contributed by atoms with Gasteiger partial charge in [-0.1, -0.05) is 24.6 Å². The van der Waals surface area contributed by atoms with Gasteiger partial charge in [-0.15, -0.1) is 0 Å². The Labute approximate surface area is 200 Å². The first-order valence-electron chi connectivity index (χ1n) is 11.4. The summed E-state index contributed by atoms with van der Waals surface area (Å²) in [5.74, 6) is 0.659. The highest BCUT2D eigenvalue weighted by atomic mass is 35.5. The number of hydrogen-bond acceptors (Lipinski definition) is 5. The molecule has 1 fully saturated rings. The number of carbonyl (C=O) groups excluding carboxylic acids is 1. The zero-order valence-corrected chi connectivity index (χ0v) is 20.2. The number of hydrogen-bond donors (Lipinski definition) is 1. The van der Waals surface area contributed by atoms with Gasteiger partial charge in [-0.3, -0.25) is 9.69 Å². The van der Waals surface area contributed by atoms with Crippen LogP contribution in [-0.4, -0.2) is 50.3 Å². The maximum atomic E-state index is 13.9. The molecule has 0 aromatic heterocycles. The number of piperidine rings is 1. The average molecular weight is 479 g/mol. The molecular weight excluding hydrogens is 447 g/mol. The minimum absolute atomic E-state index is 0.0618. The molecule has 33 heavy (non-hydrogen) atoms. The van der Waals surface area contributed by atoms with Gasteiger partial charge in [0.25, 0.3) is 5.91 Å². The summed E-state index contributed by atoms with van der Waals surface area (Å²) < 4.78 is 30.3. The second kappa shape index (κ2) is 12.1. The molecule has 0 spiro atoms. The van der Waals surface area contributed by atoms with Gasteiger partial charge in [0.2, 0.25) is 0 Å². The molecule has 1 aliphatic rings. The summed E-state index contributed by atoms with van der Waals surface area (Å²) in [7, 11) is 1.46. The molecule has 0 atom stereocenters. The molecule has 2 aromatic carbocycles. The molecular formula is C25H32ClFN2O4. The van der Waals surface area contributed by atoms with Crippen LogP contribution in [0.5, 0.6) is 17.2 Å². The SMILES string of the molecule is CCCOc1c(Cl)cc(C(=O)NC2CCN(Cc3ccc(OC)c(F)c3)CC2)cc1OCC. The van der Waals surface area contributed by atoms with Crippen molar-refractivity contribution in [3.05, 3.63) is 52.3 Å². The number of methoxy groups -OCH3 is 1. The molecule has 8 heteroatoms. The fourth-order valence-corrected chi connectivity index (χ4v) is 4.14. The molecule has 1 amide bonds. The maximum absolute atomic E-state index is 13.9. The fraction of sp³-hybridized carbons (Fsp3) is 0.480. The second-order valence-corrected chi connectivity index (χ2v) is 8.47. The van der Waals surface area contributed by atoms with Gasteiger partial charge in [-0.05, 0) is 56.0 Å². The fourth-order valence-electron chi connectivity index (χ4n) is 3.88. The van der Waals surface area contributed by atoms with Gasteiger partial charge >= 0.3 is 0 Å². The molecule has 0 bridgehead atoms. The first-order chi connectivity index (χ1) is 15.9. The highest BCUT2D eigenvalue weighted by Crippen LogP contribution is 2.37. The molecule has 0 aliphatic carbocycles. The Bertz CT molecular complexity index is 948. The van der Waals surface area contributed by atoms with E-state index in [1.54, 1.807) is 18.2 Å². The minimum atomic E-state index is -0.353. The Balaban J connectivity index is 1.57. The Hall–Kier alpha value is -2.51. The molecule has 1 heterocycles. The third-order valence-electron chi connectivity index (χ3n) is 5.57. The van der Waals surface area contributed by atoms with Gasteiger partial charge in [-0.25, -0.2) is 4.39 Å². The molecule has 2 aromatic rings. The number of ether oxygens (including phenoxy) is 3. The zero-order valence-electron chi connectivity index (χ0n) is 19.5. The smallest absolute Gasteiger partial charge is 0.251 e. The van der Waals surface area contributed by atoms with Gasteiger partial charge in [0, 0.05) is 31.2 Å². The maximum Gasteiger partial charge on any atom is 0.251 e. The van der Waals surface area contributed by atoms with E-state index < -0.39 is 0 Å². The second-order valence-electron chi connectivity index (χ2n) is 8.06. The van der Waals surface area contributed by atoms with Crippen molar-refractivity contribution >= 4 is 17.5 Å². The predicted octanol–water partition coefficient (Wildman–Crippen LogP) is 5.07. The molecule has 3 rings (SSSR count). The van der Waals surface area contributed by atoms with Crippen molar-refractivity contribution in [1.82, 2.24) is 10.2 Å². The van der Waals surface area contributed by atoms with Crippen LogP contribution in [0, 0.1) is 5.82 Å². The van der Waals surface area contributed by atoms with E-state index in [2.05, 4.69) is 10.2 Å². The van der Waals surface area contributed by atoms with Gasteiger partial charge in [0.15, 0.2) is 23.1 Å². The first-order valence-corrected chi connectivity index (χ1v) is 11.8. The lowest BCUT2D eigenvalue weighted by Gasteiger charge is -2.32. The zero-order chi connectivity index (χ0) is 23.8. The van der Waals surface area contributed by atoms with Crippen LogP contribution in [0.3, 0.4) is 0 Å². The minimum Gasteiger partial charge on any atom is -0.494 e. The van der Waals surface area contributed by atoms with Crippen molar-refractivity contribution < 1.29 is 23.4 Å². The van der Waals surface area contributed by atoms with Crippen LogP contribution < -0.4 is 19.5 Å². The van der Waals surface area contributed by atoms with E-state index in [4.69, 9.17) is 25.8 Å². The van der Waals surface area contributed by atoms with Crippen LogP contribution in [0.2, 0.25) is 5.02 Å². The van der Waals surface area contributed by atoms with E-state index in [0.29, 0.717) is 41.8 Å². The van der Waals surface area contributed by atoms with E-state index in [9.17, 15) is 9.18 Å². The molecule has 1 aliphatic heterocycles. The Morgan fingerprint density at radius 1 is 1.15 bits per heavy atom. The quantitative estimate of drug-likeness (QED) is 0.516. The van der Waals surface area contributed by atoms with Crippen LogP contribution in [0.15, 0.2) is 30.3 Å². The molecule has 180 valence electrons. The van der Waals surface area contributed by atoms with E-state index >= 15 is 0 Å². The predicted molar refractivity (Wildman–Crippen MR) is 127 cm³/mol. The summed E-state index contributed by atoms with van der Waals surface area (Å²) in [6.45, 7) is 7.14. The number of likely N-dealkylation sites (tertiary alicyclic amines) is 1. The summed E-state index contributed by atoms with van der Waals surface area (Å²) in [5.41, 5.74) is 1.35. The van der Waals surface area contributed by atoms with Gasteiger partial charge < -0.3 is 19.5 Å². The topological polar surface area (TPSA) is 60.0 Å². The van der Waals surface area contributed by atoms with Crippen LogP contribution >= 0.6 is 11.6 Å². The van der Waals surface area contributed by atoms with Gasteiger partial charge in [0.1, 0.15) is 0 Å². The van der Waals surface area contributed by atoms with E-state index in [1.807, 2.05) is 19.9 Å². The molecule has 1 N–H and O–H groups in total. The molecule has 6 nitrogen and oxygen atoms in total. The van der Waals surface area contributed by atoms with Crippen LogP contribution in [0.25, 0.3) is 0 Å². The van der Waals surface area contributed by atoms with E-state index in [-0.39, 0.29) is 23.5 Å². The van der Waals surface area contributed by atoms with Crippen molar-refractivity contribution in [3.63, 3.8) is 0 Å². The number of benzene rings is 2. The van der Waals surface area contributed by atoms with Crippen LogP contribution in [0.1, 0.15) is 49.0 Å². The lowest BCUT2D eigenvalue weighted by molar-refractivity contribution is 0.0908. The molecule has 1 saturated heterocycles. The molecule has 0 saturated carbocycles. The molecule has 0 radical (unpaired) electrons. The van der Waals surface area contributed by atoms with Gasteiger partial charge in [-0.2, -0.15) is 0 Å². The highest BCUT2D eigenvalue weighted by molar-refractivity contribution is 6.32. The molecule has 0 unspecified atom stereocenters. The lowest BCUT2D eigenvalue weighted by atomic mass is 10.0. The Morgan fingerprint density at radius 3 is 2.55 bits per heavy atom. The van der Waals surface area contributed by atoms with Crippen molar-refractivity contribution in [2.45, 2.75) is 45.7 Å². The van der Waals surface area contributed by atoms with Crippen molar-refractivity contribution in [2.24, 2.45) is 0 Å². The monoisotopic (exact) mass is 478 g/mol. The number of halogens is 2. The average Bonchev–Trinajstić information content (AvgIpc) is 2.80. The normalized spacial score (nSPS) is 14.7. The number of nitrogens with zero attached hydrogens (tertiary/aromatic N) is 1. The number of rotatable bonds is 10. The summed E-state index contributed by atoms with van der Waals surface area (Å²) in [5, 5.41) is 3.47. The van der Waals surface area contributed by atoms with E-state index in [0.717, 1.165) is 37.9 Å². The number of amides is 1. The number of nitrogens with one attached hydrogen (secondary N) is 1. The summed E-state index contributed by atoms with van der Waals surface area (Å²) >= 11 is 6.39. The Kier molecular flexibility index (Phi) is 9.21. The van der Waals surface area contributed by atoms with E-state index in [1.165, 1.54) is 13.2 Å². The number of carbonyl (C=O) groups is 1. The van der Waals surface area contributed by atoms with Crippen LogP contribution in [0.4, 0.5) is 4.39 Å². The van der Waals surface area contributed by atoms with Crippen molar-refractivity contribution in [3.8, 4) is 17.2 Å². The van der Waals surface area contributed by atoms with Crippen molar-refractivity contribution in [1.29, 1.82) is 0 Å². The first kappa shape index (κ1) is 25.1. The summed E-state index contributed by atoms with van der Waals surface area (Å²) in [6, 6.07) is 8.41. The van der Waals surface area contributed by atoms with Crippen LogP contribution in [-0.2, 0) is 6.54 Å². The summed E-state index contributed by atoms with van der Waals surface area (Å²) in [4.78, 5) is 15.1. The standard InChI is InChI=1S/C25H32ClFN2O4/c1-4-12-33-24-20(26)14-18(15-23(24)32-5-2)25(30)28-19-8-10-29(11-9-19)16-17-6-7-22(31-3)21(27)13-17/h6-7,13-15,19H,4-5,8-12,16H2,1-3H3,(H,28,30). The largest absolute Gasteiger partial charge is 0.494 e. The lowest BCUT2D eigenvalue weighted by Crippen LogP contribution is -2.44. The van der Waals surface area contributed by atoms with Gasteiger partial charge in [0.05, 0.1) is 25.3 Å².